The molecule has 6 nitrogen and oxygen atoms in total. The number of hydrogen-bond donors (Lipinski definition) is 1. The first-order chi connectivity index (χ1) is 16.4. The number of carbonyl (C=O) groups is 1. The summed E-state index contributed by atoms with van der Waals surface area (Å²) >= 11 is 0. The molecule has 0 saturated carbocycles. The van der Waals surface area contributed by atoms with Crippen molar-refractivity contribution in [2.45, 2.75) is 32.0 Å². The summed E-state index contributed by atoms with van der Waals surface area (Å²) in [4.78, 5) is 19.0. The molecule has 34 heavy (non-hydrogen) atoms. The van der Waals surface area contributed by atoms with Gasteiger partial charge in [-0.2, -0.15) is 5.10 Å². The van der Waals surface area contributed by atoms with Crippen molar-refractivity contribution in [2.24, 2.45) is 0 Å². The van der Waals surface area contributed by atoms with Gasteiger partial charge in [0.2, 0.25) is 0 Å². The maximum atomic E-state index is 14.5. The first-order valence-electron chi connectivity index (χ1n) is 11.0. The molecular formula is C25H22F3N5O. The molecule has 1 aromatic carbocycles. The number of benzene rings is 1. The fraction of sp³-hybridized carbons (Fsp3) is 0.240. The normalized spacial score (nSPS) is 16.7. The number of fused-ring (bicyclic) bond motifs is 1. The van der Waals surface area contributed by atoms with E-state index in [1.165, 1.54) is 31.5 Å². The maximum Gasteiger partial charge on any atom is 0.259 e. The van der Waals surface area contributed by atoms with Crippen LogP contribution in [0.5, 0.6) is 0 Å². The van der Waals surface area contributed by atoms with Gasteiger partial charge in [0.05, 0.1) is 40.9 Å². The summed E-state index contributed by atoms with van der Waals surface area (Å²) in [5.41, 5.74) is 2.75. The van der Waals surface area contributed by atoms with E-state index in [0.717, 1.165) is 24.2 Å². The van der Waals surface area contributed by atoms with Gasteiger partial charge in [0.25, 0.3) is 5.91 Å². The van der Waals surface area contributed by atoms with Gasteiger partial charge >= 0.3 is 0 Å². The van der Waals surface area contributed by atoms with Crippen molar-refractivity contribution >= 4 is 22.8 Å². The van der Waals surface area contributed by atoms with Gasteiger partial charge in [-0.05, 0) is 62.2 Å². The Morgan fingerprint density at radius 3 is 2.76 bits per heavy atom. The van der Waals surface area contributed by atoms with E-state index in [2.05, 4.69) is 15.4 Å². The van der Waals surface area contributed by atoms with Gasteiger partial charge in [-0.3, -0.25) is 9.78 Å². The molecule has 1 fully saturated rings. The van der Waals surface area contributed by atoms with Crippen LogP contribution < -0.4 is 10.2 Å². The van der Waals surface area contributed by atoms with Crippen LogP contribution in [-0.2, 0) is 0 Å². The topological polar surface area (TPSA) is 62.5 Å². The van der Waals surface area contributed by atoms with Crippen LogP contribution in [-0.4, -0.2) is 27.0 Å². The van der Waals surface area contributed by atoms with Crippen molar-refractivity contribution < 1.29 is 18.0 Å². The predicted molar refractivity (Wildman–Crippen MR) is 123 cm³/mol. The number of nitrogens with zero attached hydrogens (tertiary/aromatic N) is 4. The third-order valence-electron chi connectivity index (χ3n) is 6.10. The van der Waals surface area contributed by atoms with Gasteiger partial charge in [0.1, 0.15) is 17.8 Å². The number of amides is 1. The number of anilines is 2. The van der Waals surface area contributed by atoms with E-state index in [0.29, 0.717) is 35.3 Å². The fourth-order valence-corrected chi connectivity index (χ4v) is 4.41. The van der Waals surface area contributed by atoms with Gasteiger partial charge < -0.3 is 10.2 Å². The Kier molecular flexibility index (Phi) is 5.69. The van der Waals surface area contributed by atoms with Crippen molar-refractivity contribution in [3.05, 3.63) is 89.5 Å². The lowest BCUT2D eigenvalue weighted by Crippen LogP contribution is -2.23. The Hall–Kier alpha value is -3.88. The molecule has 1 unspecified atom stereocenters. The minimum Gasteiger partial charge on any atom is -0.364 e. The molecule has 5 rings (SSSR count). The summed E-state index contributed by atoms with van der Waals surface area (Å²) < 4.78 is 43.2. The first kappa shape index (κ1) is 21.9. The van der Waals surface area contributed by atoms with Crippen molar-refractivity contribution in [3.63, 3.8) is 0 Å². The summed E-state index contributed by atoms with van der Waals surface area (Å²) in [5, 5.41) is 7.01. The first-order valence-corrected chi connectivity index (χ1v) is 11.0. The Labute approximate surface area is 194 Å². The SMILES string of the molecule is CC(F)c1ccc(NC(=O)c2cnn3ccc(N4CCC[C@@H]4c4cc(F)ccc4F)cc23)cn1. The van der Waals surface area contributed by atoms with Crippen molar-refractivity contribution in [3.8, 4) is 0 Å². The average Bonchev–Trinajstić information content (AvgIpc) is 3.48. The van der Waals surface area contributed by atoms with Gasteiger partial charge in [-0.1, -0.05) is 0 Å². The second-order valence-corrected chi connectivity index (χ2v) is 8.33. The van der Waals surface area contributed by atoms with Crippen LogP contribution in [0.4, 0.5) is 24.5 Å². The minimum absolute atomic E-state index is 0.286. The molecule has 9 heteroatoms. The highest BCUT2D eigenvalue weighted by Gasteiger charge is 2.29. The molecule has 2 atom stereocenters. The molecule has 1 amide bonds. The van der Waals surface area contributed by atoms with Crippen LogP contribution in [0.1, 0.15) is 53.6 Å². The van der Waals surface area contributed by atoms with Crippen LogP contribution in [0.15, 0.2) is 61.1 Å². The Morgan fingerprint density at radius 2 is 2.00 bits per heavy atom. The van der Waals surface area contributed by atoms with E-state index in [9.17, 15) is 18.0 Å². The van der Waals surface area contributed by atoms with Crippen LogP contribution >= 0.6 is 0 Å². The molecule has 3 aromatic heterocycles. The maximum absolute atomic E-state index is 14.5. The Morgan fingerprint density at radius 1 is 1.15 bits per heavy atom. The molecule has 174 valence electrons. The van der Waals surface area contributed by atoms with Gasteiger partial charge in [-0.25, -0.2) is 17.7 Å². The molecule has 4 heterocycles. The molecule has 0 aliphatic carbocycles. The zero-order valence-corrected chi connectivity index (χ0v) is 18.4. The molecule has 0 spiro atoms. The number of pyridine rings is 2. The number of rotatable bonds is 5. The molecule has 0 bridgehead atoms. The molecule has 1 N–H and O–H groups in total. The third kappa shape index (κ3) is 4.09. The van der Waals surface area contributed by atoms with Crippen LogP contribution in [0.25, 0.3) is 5.52 Å². The summed E-state index contributed by atoms with van der Waals surface area (Å²) in [6.45, 7) is 2.07. The van der Waals surface area contributed by atoms with E-state index < -0.39 is 17.8 Å². The second-order valence-electron chi connectivity index (χ2n) is 8.33. The number of alkyl halides is 1. The lowest BCUT2D eigenvalue weighted by molar-refractivity contribution is 0.102. The van der Waals surface area contributed by atoms with E-state index in [4.69, 9.17) is 0 Å². The molecule has 4 aromatic rings. The molecule has 1 saturated heterocycles. The fourth-order valence-electron chi connectivity index (χ4n) is 4.41. The number of carbonyl (C=O) groups excluding carboxylic acids is 1. The van der Waals surface area contributed by atoms with Crippen LogP contribution in [0.3, 0.4) is 0 Å². The van der Waals surface area contributed by atoms with E-state index in [-0.39, 0.29) is 17.6 Å². The van der Waals surface area contributed by atoms with E-state index in [1.54, 1.807) is 16.8 Å². The molecule has 1 aliphatic heterocycles. The average molecular weight is 465 g/mol. The van der Waals surface area contributed by atoms with Crippen molar-refractivity contribution in [1.82, 2.24) is 14.6 Å². The standard InChI is InChI=1S/C25H22F3N5O/c1-15(26)22-7-5-17(13-29-22)31-25(34)20-14-30-33-10-8-18(12-24(20)33)32-9-2-3-23(32)19-11-16(27)4-6-21(19)28/h4-8,10-15,23H,2-3,9H2,1H3,(H,31,34)/t15?,23-/m1/s1. The quantitative estimate of drug-likeness (QED) is 0.415. The molecular weight excluding hydrogens is 443 g/mol. The largest absolute Gasteiger partial charge is 0.364 e. The highest BCUT2D eigenvalue weighted by molar-refractivity contribution is 6.09. The number of hydrogen-bond acceptors (Lipinski definition) is 4. The number of aromatic nitrogens is 3. The predicted octanol–water partition coefficient (Wildman–Crippen LogP) is 5.63. The van der Waals surface area contributed by atoms with Gasteiger partial charge in [0.15, 0.2) is 0 Å². The molecule has 0 radical (unpaired) electrons. The summed E-state index contributed by atoms with van der Waals surface area (Å²) in [6.07, 6.45) is 4.93. The van der Waals surface area contributed by atoms with E-state index >= 15 is 0 Å². The minimum atomic E-state index is -1.20. The van der Waals surface area contributed by atoms with Crippen LogP contribution in [0, 0.1) is 11.6 Å². The monoisotopic (exact) mass is 465 g/mol. The number of halogens is 3. The zero-order valence-electron chi connectivity index (χ0n) is 18.4. The third-order valence-corrected chi connectivity index (χ3v) is 6.10. The lowest BCUT2D eigenvalue weighted by Gasteiger charge is -2.27. The zero-order chi connectivity index (χ0) is 23.8. The van der Waals surface area contributed by atoms with Gasteiger partial charge in [-0.15, -0.1) is 0 Å². The summed E-state index contributed by atoms with van der Waals surface area (Å²) in [7, 11) is 0. The summed E-state index contributed by atoms with van der Waals surface area (Å²) in [5.74, 6) is -1.30. The van der Waals surface area contributed by atoms with Crippen molar-refractivity contribution in [1.29, 1.82) is 0 Å². The smallest absolute Gasteiger partial charge is 0.259 e. The molecule has 1 aliphatic rings. The highest BCUT2D eigenvalue weighted by Crippen LogP contribution is 2.38. The second kappa shape index (κ2) is 8.81. The van der Waals surface area contributed by atoms with Crippen LogP contribution in [0.2, 0.25) is 0 Å². The lowest BCUT2D eigenvalue weighted by atomic mass is 10.0. The van der Waals surface area contributed by atoms with Gasteiger partial charge in [0, 0.05) is 24.0 Å². The van der Waals surface area contributed by atoms with Crippen molar-refractivity contribution in [2.75, 3.05) is 16.8 Å². The van der Waals surface area contributed by atoms with E-state index in [1.807, 2.05) is 17.0 Å². The Bertz CT molecular complexity index is 1350. The summed E-state index contributed by atoms with van der Waals surface area (Å²) in [6, 6.07) is 9.99. The number of nitrogens with one attached hydrogen (secondary N) is 1. The highest BCUT2D eigenvalue weighted by atomic mass is 19.1. The Balaban J connectivity index is 1.43.